The van der Waals surface area contributed by atoms with Crippen LogP contribution in [0.2, 0.25) is 0 Å². The van der Waals surface area contributed by atoms with Crippen molar-refractivity contribution in [2.75, 3.05) is 5.32 Å². The molecule has 0 radical (unpaired) electrons. The molecule has 0 aliphatic heterocycles. The molecule has 2 nitrogen and oxygen atoms in total. The van der Waals surface area contributed by atoms with E-state index in [9.17, 15) is 4.79 Å². The van der Waals surface area contributed by atoms with E-state index in [2.05, 4.69) is 11.4 Å². The van der Waals surface area contributed by atoms with Gasteiger partial charge >= 0.3 is 0 Å². The first-order chi connectivity index (χ1) is 9.83. The third-order valence-electron chi connectivity index (χ3n) is 3.75. The first-order valence-corrected chi connectivity index (χ1v) is 8.12. The van der Waals surface area contributed by atoms with Crippen molar-refractivity contribution < 1.29 is 4.79 Å². The van der Waals surface area contributed by atoms with Gasteiger partial charge in [0.25, 0.3) is 5.91 Å². The van der Waals surface area contributed by atoms with Crippen molar-refractivity contribution in [1.82, 2.24) is 0 Å². The molecule has 1 amide bonds. The summed E-state index contributed by atoms with van der Waals surface area (Å²) in [5.41, 5.74) is 2.26. The fourth-order valence-electron chi connectivity index (χ4n) is 2.67. The minimum atomic E-state index is 0.0212. The Morgan fingerprint density at radius 3 is 2.55 bits per heavy atom. The highest BCUT2D eigenvalue weighted by atomic mass is 32.1. The van der Waals surface area contributed by atoms with Gasteiger partial charge in [0.05, 0.1) is 4.88 Å². The number of hydrogen-bond acceptors (Lipinski definition) is 2. The Hall–Kier alpha value is -1.61. The van der Waals surface area contributed by atoms with Gasteiger partial charge in [-0.3, -0.25) is 4.79 Å². The Labute approximate surface area is 123 Å². The minimum absolute atomic E-state index is 0.0212. The van der Waals surface area contributed by atoms with Gasteiger partial charge in [-0.2, -0.15) is 0 Å². The average Bonchev–Trinajstić information content (AvgIpc) is 2.82. The number of para-hydroxylation sites is 1. The third kappa shape index (κ3) is 3.10. The zero-order valence-corrected chi connectivity index (χ0v) is 12.3. The molecule has 0 saturated heterocycles. The Morgan fingerprint density at radius 1 is 1.00 bits per heavy atom. The van der Waals surface area contributed by atoms with Crippen molar-refractivity contribution in [2.45, 2.75) is 38.5 Å². The van der Waals surface area contributed by atoms with Gasteiger partial charge in [0.15, 0.2) is 0 Å². The standard InChI is InChI=1S/C17H19NOS/c19-17(18-14-9-5-3-6-10-14)16-12-13-8-4-1-2-7-11-15(13)20-16/h3,5-6,9-10,12H,1-2,4,7-8,11H2,(H,18,19). The van der Waals surface area contributed by atoms with Gasteiger partial charge in [-0.25, -0.2) is 0 Å². The Morgan fingerprint density at radius 2 is 1.75 bits per heavy atom. The second-order valence-electron chi connectivity index (χ2n) is 5.29. The van der Waals surface area contributed by atoms with E-state index in [1.165, 1.54) is 36.1 Å². The molecule has 104 valence electrons. The van der Waals surface area contributed by atoms with Crippen molar-refractivity contribution in [3.8, 4) is 0 Å². The molecule has 1 aliphatic carbocycles. The summed E-state index contributed by atoms with van der Waals surface area (Å²) in [4.78, 5) is 14.6. The van der Waals surface area contributed by atoms with Crippen molar-refractivity contribution in [3.05, 3.63) is 51.7 Å². The van der Waals surface area contributed by atoms with Crippen LogP contribution in [-0.2, 0) is 12.8 Å². The van der Waals surface area contributed by atoms with E-state index < -0.39 is 0 Å². The Bertz CT molecular complexity index is 563. The van der Waals surface area contributed by atoms with Gasteiger partial charge in [0.1, 0.15) is 0 Å². The maximum Gasteiger partial charge on any atom is 0.265 e. The number of aryl methyl sites for hydroxylation is 2. The molecule has 0 atom stereocenters. The molecule has 2 aromatic rings. The molecular formula is C17H19NOS. The average molecular weight is 285 g/mol. The fourth-order valence-corrected chi connectivity index (χ4v) is 3.82. The number of thiophene rings is 1. The topological polar surface area (TPSA) is 29.1 Å². The van der Waals surface area contributed by atoms with Gasteiger partial charge in [-0.1, -0.05) is 31.0 Å². The van der Waals surface area contributed by atoms with Gasteiger partial charge in [0, 0.05) is 10.6 Å². The van der Waals surface area contributed by atoms with Crippen molar-refractivity contribution in [2.24, 2.45) is 0 Å². The maximum absolute atomic E-state index is 12.3. The molecule has 1 heterocycles. The normalized spacial score (nSPS) is 15.0. The molecule has 0 spiro atoms. The lowest BCUT2D eigenvalue weighted by molar-refractivity contribution is 0.103. The van der Waals surface area contributed by atoms with Crippen LogP contribution in [0.25, 0.3) is 0 Å². The van der Waals surface area contributed by atoms with Crippen LogP contribution in [0.15, 0.2) is 36.4 Å². The lowest BCUT2D eigenvalue weighted by atomic mass is 10.00. The van der Waals surface area contributed by atoms with Crippen molar-refractivity contribution >= 4 is 22.9 Å². The summed E-state index contributed by atoms with van der Waals surface area (Å²) in [6.07, 6.45) is 7.42. The van der Waals surface area contributed by atoms with E-state index in [4.69, 9.17) is 0 Å². The summed E-state index contributed by atoms with van der Waals surface area (Å²) in [5.74, 6) is 0.0212. The summed E-state index contributed by atoms with van der Waals surface area (Å²) < 4.78 is 0. The molecule has 0 saturated carbocycles. The molecule has 0 unspecified atom stereocenters. The maximum atomic E-state index is 12.3. The number of amides is 1. The molecule has 1 aliphatic rings. The van der Waals surface area contributed by atoms with Crippen molar-refractivity contribution in [3.63, 3.8) is 0 Å². The van der Waals surface area contributed by atoms with E-state index >= 15 is 0 Å². The predicted molar refractivity (Wildman–Crippen MR) is 84.6 cm³/mol. The van der Waals surface area contributed by atoms with Crippen LogP contribution >= 0.6 is 11.3 Å². The molecule has 1 N–H and O–H groups in total. The van der Waals surface area contributed by atoms with E-state index in [0.717, 1.165) is 23.4 Å². The molecule has 3 heteroatoms. The molecule has 0 bridgehead atoms. The minimum Gasteiger partial charge on any atom is -0.321 e. The summed E-state index contributed by atoms with van der Waals surface area (Å²) in [7, 11) is 0. The summed E-state index contributed by atoms with van der Waals surface area (Å²) in [6, 6.07) is 11.8. The SMILES string of the molecule is O=C(Nc1ccccc1)c1cc2c(s1)CCCCCC2. The number of fused-ring (bicyclic) bond motifs is 1. The second kappa shape index (κ2) is 6.23. The molecule has 0 fully saturated rings. The van der Waals surface area contributed by atoms with Gasteiger partial charge in [0.2, 0.25) is 0 Å². The number of carbonyl (C=O) groups is 1. The first-order valence-electron chi connectivity index (χ1n) is 7.31. The number of carbonyl (C=O) groups excluding carboxylic acids is 1. The first kappa shape index (κ1) is 13.4. The molecule has 20 heavy (non-hydrogen) atoms. The van der Waals surface area contributed by atoms with Crippen LogP contribution in [0.1, 0.15) is 45.8 Å². The highest BCUT2D eigenvalue weighted by Gasteiger charge is 2.15. The number of rotatable bonds is 2. The number of benzene rings is 1. The zero-order valence-electron chi connectivity index (χ0n) is 11.5. The molecule has 1 aromatic heterocycles. The second-order valence-corrected chi connectivity index (χ2v) is 6.43. The van der Waals surface area contributed by atoms with Crippen molar-refractivity contribution in [1.29, 1.82) is 0 Å². The number of hydrogen-bond donors (Lipinski definition) is 1. The fraction of sp³-hybridized carbons (Fsp3) is 0.353. The van der Waals surface area contributed by atoms with Gasteiger partial charge < -0.3 is 5.32 Å². The third-order valence-corrected chi connectivity index (χ3v) is 4.99. The highest BCUT2D eigenvalue weighted by molar-refractivity contribution is 7.14. The van der Waals surface area contributed by atoms with Crippen LogP contribution < -0.4 is 5.32 Å². The van der Waals surface area contributed by atoms with E-state index in [1.54, 1.807) is 11.3 Å². The summed E-state index contributed by atoms with van der Waals surface area (Å²) in [5, 5.41) is 2.97. The van der Waals surface area contributed by atoms with Crippen LogP contribution in [0.4, 0.5) is 5.69 Å². The summed E-state index contributed by atoms with van der Waals surface area (Å²) in [6.45, 7) is 0. The van der Waals surface area contributed by atoms with E-state index in [1.807, 2.05) is 30.3 Å². The van der Waals surface area contributed by atoms with Crippen LogP contribution in [0.3, 0.4) is 0 Å². The van der Waals surface area contributed by atoms with Crippen LogP contribution in [-0.4, -0.2) is 5.91 Å². The van der Waals surface area contributed by atoms with Crippen LogP contribution in [0, 0.1) is 0 Å². The monoisotopic (exact) mass is 285 g/mol. The zero-order chi connectivity index (χ0) is 13.8. The Kier molecular flexibility index (Phi) is 4.16. The largest absolute Gasteiger partial charge is 0.321 e. The Balaban J connectivity index is 1.76. The number of anilines is 1. The van der Waals surface area contributed by atoms with E-state index in [0.29, 0.717) is 0 Å². The lowest BCUT2D eigenvalue weighted by Crippen LogP contribution is -2.09. The summed E-state index contributed by atoms with van der Waals surface area (Å²) >= 11 is 1.67. The predicted octanol–water partition coefficient (Wildman–Crippen LogP) is 4.66. The molecule has 1 aromatic carbocycles. The lowest BCUT2D eigenvalue weighted by Gasteiger charge is -2.07. The van der Waals surface area contributed by atoms with E-state index in [-0.39, 0.29) is 5.91 Å². The smallest absolute Gasteiger partial charge is 0.265 e. The highest BCUT2D eigenvalue weighted by Crippen LogP contribution is 2.29. The quantitative estimate of drug-likeness (QED) is 0.854. The van der Waals surface area contributed by atoms with Crippen LogP contribution in [0.5, 0.6) is 0 Å². The van der Waals surface area contributed by atoms with Gasteiger partial charge in [-0.05, 0) is 49.4 Å². The molecular weight excluding hydrogens is 266 g/mol. The van der Waals surface area contributed by atoms with Gasteiger partial charge in [-0.15, -0.1) is 11.3 Å². The molecule has 3 rings (SSSR count). The number of nitrogens with one attached hydrogen (secondary N) is 1.